The molecule has 1 fully saturated rings. The molecule has 1 aromatic carbocycles. The van der Waals surface area contributed by atoms with Crippen LogP contribution in [-0.4, -0.2) is 34.9 Å². The highest BCUT2D eigenvalue weighted by molar-refractivity contribution is 6.05. The Bertz CT molecular complexity index is 859. The second-order valence-corrected chi connectivity index (χ2v) is 7.04. The third-order valence-electron chi connectivity index (χ3n) is 5.31. The van der Waals surface area contributed by atoms with Crippen molar-refractivity contribution < 1.29 is 19.5 Å². The molecule has 1 aromatic heterocycles. The van der Waals surface area contributed by atoms with Crippen LogP contribution < -0.4 is 10.2 Å². The highest BCUT2D eigenvalue weighted by Gasteiger charge is 2.48. The monoisotopic (exact) mass is 381 g/mol. The molecule has 2 aromatic rings. The number of rotatable bonds is 6. The topological polar surface area (TPSA) is 99.6 Å². The third-order valence-corrected chi connectivity index (χ3v) is 5.31. The first-order chi connectivity index (χ1) is 13.4. The van der Waals surface area contributed by atoms with Crippen LogP contribution in [0.2, 0.25) is 0 Å². The van der Waals surface area contributed by atoms with Gasteiger partial charge < -0.3 is 15.3 Å². The van der Waals surface area contributed by atoms with E-state index < -0.39 is 17.3 Å². The molecule has 28 heavy (non-hydrogen) atoms. The fraction of sp³-hybridized carbons (Fsp3) is 0.333. The zero-order valence-electron chi connectivity index (χ0n) is 15.7. The fourth-order valence-corrected chi connectivity index (χ4v) is 3.51. The summed E-state index contributed by atoms with van der Waals surface area (Å²) in [4.78, 5) is 42.0. The van der Waals surface area contributed by atoms with Gasteiger partial charge >= 0.3 is 5.97 Å². The minimum Gasteiger partial charge on any atom is -0.480 e. The standard InChI is InChI=1S/C21H23N3O4/c1-24(18(25)16-8-12-22-13-9-16)17-6-4-15(5-7-17)14-23-19(26)21(20(27)28)10-2-3-11-21/h4-9,12-13H,2-3,10-11,14H2,1H3,(H,23,26)(H,27,28). The summed E-state index contributed by atoms with van der Waals surface area (Å²) in [7, 11) is 1.69. The molecule has 0 unspecified atom stereocenters. The van der Waals surface area contributed by atoms with Crippen LogP contribution >= 0.6 is 0 Å². The van der Waals surface area contributed by atoms with Gasteiger partial charge in [-0.2, -0.15) is 0 Å². The first-order valence-electron chi connectivity index (χ1n) is 9.23. The van der Waals surface area contributed by atoms with Crippen molar-refractivity contribution >= 4 is 23.5 Å². The van der Waals surface area contributed by atoms with E-state index in [2.05, 4.69) is 10.3 Å². The van der Waals surface area contributed by atoms with Gasteiger partial charge in [0.1, 0.15) is 5.41 Å². The average molecular weight is 381 g/mol. The van der Waals surface area contributed by atoms with E-state index in [9.17, 15) is 19.5 Å². The van der Waals surface area contributed by atoms with E-state index in [0.29, 0.717) is 18.4 Å². The van der Waals surface area contributed by atoms with Crippen LogP contribution in [0, 0.1) is 5.41 Å². The molecule has 7 nitrogen and oxygen atoms in total. The normalized spacial score (nSPS) is 15.0. The van der Waals surface area contributed by atoms with Crippen LogP contribution in [0.15, 0.2) is 48.8 Å². The van der Waals surface area contributed by atoms with Crippen molar-refractivity contribution in [1.29, 1.82) is 0 Å². The summed E-state index contributed by atoms with van der Waals surface area (Å²) in [6, 6.07) is 10.5. The van der Waals surface area contributed by atoms with Crippen molar-refractivity contribution in [2.45, 2.75) is 32.2 Å². The number of pyridine rings is 1. The van der Waals surface area contributed by atoms with Crippen molar-refractivity contribution in [2.24, 2.45) is 5.41 Å². The van der Waals surface area contributed by atoms with Crippen LogP contribution in [0.5, 0.6) is 0 Å². The van der Waals surface area contributed by atoms with Crippen LogP contribution in [-0.2, 0) is 16.1 Å². The van der Waals surface area contributed by atoms with Gasteiger partial charge in [0, 0.05) is 37.2 Å². The van der Waals surface area contributed by atoms with Crippen molar-refractivity contribution in [1.82, 2.24) is 10.3 Å². The number of nitrogens with zero attached hydrogens (tertiary/aromatic N) is 2. The lowest BCUT2D eigenvalue weighted by Gasteiger charge is -2.22. The second kappa shape index (κ2) is 8.21. The first kappa shape index (κ1) is 19.5. The van der Waals surface area contributed by atoms with Crippen molar-refractivity contribution in [3.8, 4) is 0 Å². The summed E-state index contributed by atoms with van der Waals surface area (Å²) in [6.07, 6.45) is 5.42. The van der Waals surface area contributed by atoms with Gasteiger partial charge in [0.05, 0.1) is 0 Å². The smallest absolute Gasteiger partial charge is 0.319 e. The lowest BCUT2D eigenvalue weighted by Crippen LogP contribution is -2.44. The minimum absolute atomic E-state index is 0.145. The predicted molar refractivity (Wildman–Crippen MR) is 104 cm³/mol. The molecule has 1 aliphatic rings. The highest BCUT2D eigenvalue weighted by atomic mass is 16.4. The minimum atomic E-state index is -1.29. The molecule has 0 bridgehead atoms. The molecule has 0 atom stereocenters. The van der Waals surface area contributed by atoms with Gasteiger partial charge in [0.15, 0.2) is 0 Å². The number of carboxylic acid groups (broad SMARTS) is 1. The zero-order valence-corrected chi connectivity index (χ0v) is 15.7. The van der Waals surface area contributed by atoms with Crippen molar-refractivity contribution in [3.63, 3.8) is 0 Å². The Hall–Kier alpha value is -3.22. The molecule has 0 saturated heterocycles. The number of aromatic nitrogens is 1. The van der Waals surface area contributed by atoms with E-state index in [-0.39, 0.29) is 12.5 Å². The van der Waals surface area contributed by atoms with Crippen molar-refractivity contribution in [3.05, 3.63) is 59.9 Å². The molecule has 1 aliphatic carbocycles. The number of aliphatic carboxylic acids is 1. The molecule has 2 amide bonds. The molecule has 3 rings (SSSR count). The van der Waals surface area contributed by atoms with Gasteiger partial charge in [-0.3, -0.25) is 19.4 Å². The van der Waals surface area contributed by atoms with Crippen LogP contribution in [0.4, 0.5) is 5.69 Å². The van der Waals surface area contributed by atoms with Crippen LogP contribution in [0.1, 0.15) is 41.6 Å². The average Bonchev–Trinajstić information content (AvgIpc) is 3.23. The van der Waals surface area contributed by atoms with E-state index in [1.165, 1.54) is 4.90 Å². The molecule has 0 radical (unpaired) electrons. The van der Waals surface area contributed by atoms with E-state index in [4.69, 9.17) is 0 Å². The Morgan fingerprint density at radius 2 is 1.68 bits per heavy atom. The van der Waals surface area contributed by atoms with Gasteiger partial charge in [-0.1, -0.05) is 25.0 Å². The molecule has 1 heterocycles. The number of benzene rings is 1. The quantitative estimate of drug-likeness (QED) is 0.750. The number of carbonyl (C=O) groups is 3. The Labute approximate surface area is 163 Å². The number of carbonyl (C=O) groups excluding carboxylic acids is 2. The molecule has 146 valence electrons. The van der Waals surface area contributed by atoms with Gasteiger partial charge in [-0.15, -0.1) is 0 Å². The van der Waals surface area contributed by atoms with Gasteiger partial charge in [-0.25, -0.2) is 0 Å². The van der Waals surface area contributed by atoms with E-state index >= 15 is 0 Å². The molecular formula is C21H23N3O4. The Morgan fingerprint density at radius 3 is 2.25 bits per heavy atom. The molecule has 1 saturated carbocycles. The molecule has 7 heteroatoms. The number of anilines is 1. The summed E-state index contributed by atoms with van der Waals surface area (Å²) < 4.78 is 0. The van der Waals surface area contributed by atoms with E-state index in [0.717, 1.165) is 24.1 Å². The molecule has 0 spiro atoms. The van der Waals surface area contributed by atoms with Crippen molar-refractivity contribution in [2.75, 3.05) is 11.9 Å². The number of amides is 2. The van der Waals surface area contributed by atoms with E-state index in [1.807, 2.05) is 12.1 Å². The Balaban J connectivity index is 1.62. The van der Waals surface area contributed by atoms with Gasteiger partial charge in [-0.05, 0) is 42.7 Å². The first-order valence-corrected chi connectivity index (χ1v) is 9.23. The maximum Gasteiger partial charge on any atom is 0.319 e. The number of carboxylic acids is 1. The molecular weight excluding hydrogens is 358 g/mol. The predicted octanol–water partition coefficient (Wildman–Crippen LogP) is 2.62. The summed E-state index contributed by atoms with van der Waals surface area (Å²) >= 11 is 0. The third kappa shape index (κ3) is 3.88. The van der Waals surface area contributed by atoms with Crippen LogP contribution in [0.25, 0.3) is 0 Å². The Kier molecular flexibility index (Phi) is 5.73. The number of hydrogen-bond acceptors (Lipinski definition) is 4. The van der Waals surface area contributed by atoms with E-state index in [1.54, 1.807) is 43.7 Å². The van der Waals surface area contributed by atoms with Gasteiger partial charge in [0.25, 0.3) is 5.91 Å². The summed E-state index contributed by atoms with van der Waals surface area (Å²) in [5.74, 6) is -1.62. The maximum absolute atomic E-state index is 12.5. The maximum atomic E-state index is 12.5. The number of hydrogen-bond donors (Lipinski definition) is 2. The zero-order chi connectivity index (χ0) is 20.1. The fourth-order valence-electron chi connectivity index (χ4n) is 3.51. The lowest BCUT2D eigenvalue weighted by molar-refractivity contribution is -0.155. The lowest BCUT2D eigenvalue weighted by atomic mass is 9.85. The van der Waals surface area contributed by atoms with Crippen LogP contribution in [0.3, 0.4) is 0 Å². The summed E-state index contributed by atoms with van der Waals surface area (Å²) in [5, 5.41) is 12.2. The highest BCUT2D eigenvalue weighted by Crippen LogP contribution is 2.38. The van der Waals surface area contributed by atoms with Gasteiger partial charge in [0.2, 0.25) is 5.91 Å². The molecule has 0 aliphatic heterocycles. The SMILES string of the molecule is CN(C(=O)c1ccncc1)c1ccc(CNC(=O)C2(C(=O)O)CCCC2)cc1. The second-order valence-electron chi connectivity index (χ2n) is 7.04. The summed E-state index contributed by atoms with van der Waals surface area (Å²) in [6.45, 7) is 0.246. The number of nitrogens with one attached hydrogen (secondary N) is 1. The Morgan fingerprint density at radius 1 is 1.07 bits per heavy atom. The largest absolute Gasteiger partial charge is 0.480 e. The summed E-state index contributed by atoms with van der Waals surface area (Å²) in [5.41, 5.74) is 0.802. The molecule has 2 N–H and O–H groups in total.